The summed E-state index contributed by atoms with van der Waals surface area (Å²) in [6.45, 7) is 2.61. The fourth-order valence-corrected chi connectivity index (χ4v) is 2.92. The number of ether oxygens (including phenoxy) is 1. The van der Waals surface area contributed by atoms with E-state index in [9.17, 15) is 13.2 Å². The van der Waals surface area contributed by atoms with Gasteiger partial charge in [0.2, 0.25) is 0 Å². The Kier molecular flexibility index (Phi) is 5.16. The molecule has 21 heavy (non-hydrogen) atoms. The predicted octanol–water partition coefficient (Wildman–Crippen LogP) is 0.846. The molecule has 1 atom stereocenters. The number of hydrogen-bond acceptors (Lipinski definition) is 4. The van der Waals surface area contributed by atoms with Crippen LogP contribution in [0.4, 0.5) is 10.5 Å². The van der Waals surface area contributed by atoms with Crippen LogP contribution >= 0.6 is 0 Å². The molecule has 1 unspecified atom stereocenters. The molecule has 1 fully saturated rings. The highest BCUT2D eigenvalue weighted by molar-refractivity contribution is 7.87. The van der Waals surface area contributed by atoms with Gasteiger partial charge in [-0.2, -0.15) is 13.1 Å². The van der Waals surface area contributed by atoms with Crippen LogP contribution in [-0.2, 0) is 14.9 Å². The quantitative estimate of drug-likeness (QED) is 0.781. The van der Waals surface area contributed by atoms with Gasteiger partial charge in [0.15, 0.2) is 0 Å². The van der Waals surface area contributed by atoms with Crippen LogP contribution in [-0.4, -0.2) is 40.2 Å². The SMILES string of the molecule is CCCNS(=O)(=O)NCC1CN(c2ccccc2)C(=O)O1. The van der Waals surface area contributed by atoms with Crippen molar-refractivity contribution in [1.29, 1.82) is 0 Å². The third kappa shape index (κ3) is 4.42. The summed E-state index contributed by atoms with van der Waals surface area (Å²) in [6.07, 6.45) is -0.260. The second-order valence-electron chi connectivity index (χ2n) is 4.70. The number of carbonyl (C=O) groups excluding carboxylic acids is 1. The minimum absolute atomic E-state index is 0.0497. The Bertz CT molecular complexity index is 576. The van der Waals surface area contributed by atoms with Crippen LogP contribution in [0.5, 0.6) is 0 Å². The maximum absolute atomic E-state index is 11.8. The molecule has 1 saturated heterocycles. The van der Waals surface area contributed by atoms with Crippen molar-refractivity contribution < 1.29 is 17.9 Å². The first-order valence-electron chi connectivity index (χ1n) is 6.79. The second-order valence-corrected chi connectivity index (χ2v) is 6.28. The molecule has 1 aliphatic rings. The molecule has 0 spiro atoms. The van der Waals surface area contributed by atoms with Crippen molar-refractivity contribution in [3.63, 3.8) is 0 Å². The highest BCUT2D eigenvalue weighted by Gasteiger charge is 2.32. The maximum atomic E-state index is 11.8. The first-order chi connectivity index (χ1) is 10.0. The summed E-state index contributed by atoms with van der Waals surface area (Å²) in [5, 5.41) is 0. The summed E-state index contributed by atoms with van der Waals surface area (Å²) in [5.74, 6) is 0. The number of benzene rings is 1. The summed E-state index contributed by atoms with van der Waals surface area (Å²) in [5.41, 5.74) is 0.733. The summed E-state index contributed by atoms with van der Waals surface area (Å²) < 4.78 is 33.1. The van der Waals surface area contributed by atoms with Gasteiger partial charge in [-0.15, -0.1) is 0 Å². The fraction of sp³-hybridized carbons (Fsp3) is 0.462. The number of para-hydroxylation sites is 1. The fourth-order valence-electron chi connectivity index (χ4n) is 1.94. The molecule has 2 rings (SSSR count). The number of cyclic esters (lactones) is 1. The van der Waals surface area contributed by atoms with Crippen molar-refractivity contribution >= 4 is 22.0 Å². The lowest BCUT2D eigenvalue weighted by Gasteiger charge is -2.13. The normalized spacial score (nSPS) is 18.8. The number of nitrogens with zero attached hydrogens (tertiary/aromatic N) is 1. The van der Waals surface area contributed by atoms with Crippen molar-refractivity contribution in [2.75, 3.05) is 24.5 Å². The summed E-state index contributed by atoms with van der Waals surface area (Å²) in [6, 6.07) is 9.11. The minimum atomic E-state index is -3.54. The van der Waals surface area contributed by atoms with E-state index in [0.717, 1.165) is 5.69 Å². The summed E-state index contributed by atoms with van der Waals surface area (Å²) in [4.78, 5) is 13.3. The molecule has 1 heterocycles. The molecule has 1 aromatic carbocycles. The van der Waals surface area contributed by atoms with E-state index in [1.807, 2.05) is 25.1 Å². The lowest BCUT2D eigenvalue weighted by Crippen LogP contribution is -2.41. The zero-order chi connectivity index (χ0) is 15.3. The van der Waals surface area contributed by atoms with Gasteiger partial charge >= 0.3 is 6.09 Å². The van der Waals surface area contributed by atoms with E-state index in [4.69, 9.17) is 4.74 Å². The predicted molar refractivity (Wildman–Crippen MR) is 79.3 cm³/mol. The second kappa shape index (κ2) is 6.88. The third-order valence-electron chi connectivity index (χ3n) is 2.99. The van der Waals surface area contributed by atoms with E-state index in [-0.39, 0.29) is 6.54 Å². The number of amides is 1. The Balaban J connectivity index is 1.89. The van der Waals surface area contributed by atoms with Crippen LogP contribution in [0, 0.1) is 0 Å². The molecule has 1 aliphatic heterocycles. The molecule has 0 aromatic heterocycles. The van der Waals surface area contributed by atoms with Crippen molar-refractivity contribution in [3.05, 3.63) is 30.3 Å². The van der Waals surface area contributed by atoms with Gasteiger partial charge in [-0.25, -0.2) is 9.52 Å². The number of rotatable bonds is 7. The first-order valence-corrected chi connectivity index (χ1v) is 8.27. The van der Waals surface area contributed by atoms with Crippen LogP contribution in [0.1, 0.15) is 13.3 Å². The number of anilines is 1. The molecule has 1 aromatic rings. The van der Waals surface area contributed by atoms with E-state index in [1.54, 1.807) is 12.1 Å². The van der Waals surface area contributed by atoms with Crippen LogP contribution < -0.4 is 14.3 Å². The topological polar surface area (TPSA) is 87.7 Å². The summed E-state index contributed by atoms with van der Waals surface area (Å²) in [7, 11) is -3.54. The lowest BCUT2D eigenvalue weighted by atomic mass is 10.3. The highest BCUT2D eigenvalue weighted by Crippen LogP contribution is 2.20. The van der Waals surface area contributed by atoms with Gasteiger partial charge in [-0.05, 0) is 18.6 Å². The van der Waals surface area contributed by atoms with E-state index < -0.39 is 22.4 Å². The number of nitrogens with one attached hydrogen (secondary N) is 2. The van der Waals surface area contributed by atoms with Crippen molar-refractivity contribution in [2.24, 2.45) is 0 Å². The average Bonchev–Trinajstić information content (AvgIpc) is 2.85. The largest absolute Gasteiger partial charge is 0.443 e. The number of hydrogen-bond donors (Lipinski definition) is 2. The molecule has 1 amide bonds. The van der Waals surface area contributed by atoms with Crippen LogP contribution in [0.3, 0.4) is 0 Å². The average molecular weight is 313 g/mol. The Hall–Kier alpha value is -1.64. The smallest absolute Gasteiger partial charge is 0.414 e. The minimum Gasteiger partial charge on any atom is -0.443 e. The van der Waals surface area contributed by atoms with Gasteiger partial charge in [-0.3, -0.25) is 4.90 Å². The van der Waals surface area contributed by atoms with Crippen molar-refractivity contribution in [1.82, 2.24) is 9.44 Å². The zero-order valence-corrected chi connectivity index (χ0v) is 12.6. The third-order valence-corrected chi connectivity index (χ3v) is 4.12. The molecule has 116 valence electrons. The maximum Gasteiger partial charge on any atom is 0.414 e. The van der Waals surface area contributed by atoms with Crippen LogP contribution in [0.2, 0.25) is 0 Å². The standard InChI is InChI=1S/C13H19N3O4S/c1-2-8-14-21(18,19)15-9-12-10-16(13(17)20-12)11-6-4-3-5-7-11/h3-7,12,14-15H,2,8-10H2,1H3. The molecular weight excluding hydrogens is 294 g/mol. The van der Waals surface area contributed by atoms with Crippen molar-refractivity contribution in [2.45, 2.75) is 19.4 Å². The number of carbonyl (C=O) groups is 1. The highest BCUT2D eigenvalue weighted by atomic mass is 32.2. The van der Waals surface area contributed by atoms with Crippen LogP contribution in [0.25, 0.3) is 0 Å². The molecule has 7 nitrogen and oxygen atoms in total. The van der Waals surface area contributed by atoms with Gasteiger partial charge in [0.05, 0.1) is 13.1 Å². The van der Waals surface area contributed by atoms with E-state index in [2.05, 4.69) is 9.44 Å². The molecule has 0 aliphatic carbocycles. The molecule has 0 saturated carbocycles. The van der Waals surface area contributed by atoms with Crippen LogP contribution in [0.15, 0.2) is 30.3 Å². The molecule has 8 heteroatoms. The van der Waals surface area contributed by atoms with Gasteiger partial charge < -0.3 is 4.74 Å². The van der Waals surface area contributed by atoms with E-state index in [0.29, 0.717) is 19.5 Å². The zero-order valence-electron chi connectivity index (χ0n) is 11.8. The lowest BCUT2D eigenvalue weighted by molar-refractivity contribution is 0.143. The first kappa shape index (κ1) is 15.7. The molecular formula is C13H19N3O4S. The Morgan fingerprint density at radius 2 is 2.00 bits per heavy atom. The van der Waals surface area contributed by atoms with Gasteiger partial charge in [0.25, 0.3) is 10.2 Å². The Morgan fingerprint density at radius 1 is 1.29 bits per heavy atom. The molecule has 0 bridgehead atoms. The van der Waals surface area contributed by atoms with Gasteiger partial charge in [0, 0.05) is 12.2 Å². The van der Waals surface area contributed by atoms with Gasteiger partial charge in [-0.1, -0.05) is 25.1 Å². The Morgan fingerprint density at radius 3 is 2.67 bits per heavy atom. The van der Waals surface area contributed by atoms with Crippen molar-refractivity contribution in [3.8, 4) is 0 Å². The monoisotopic (exact) mass is 313 g/mol. The Labute approximate surface area is 124 Å². The molecule has 0 radical (unpaired) electrons. The molecule has 2 N–H and O–H groups in total. The summed E-state index contributed by atoms with van der Waals surface area (Å²) >= 11 is 0. The van der Waals surface area contributed by atoms with Gasteiger partial charge in [0.1, 0.15) is 6.10 Å². The van der Waals surface area contributed by atoms with E-state index in [1.165, 1.54) is 4.90 Å². The van der Waals surface area contributed by atoms with E-state index >= 15 is 0 Å².